The number of nitrogens with one attached hydrogen (secondary N) is 1. The second kappa shape index (κ2) is 6.38. The van der Waals surface area contributed by atoms with E-state index in [1.807, 2.05) is 0 Å². The van der Waals surface area contributed by atoms with E-state index < -0.39 is 0 Å². The van der Waals surface area contributed by atoms with Crippen molar-refractivity contribution < 1.29 is 0 Å². The molecule has 1 rings (SSSR count). The molecule has 1 fully saturated rings. The smallest absolute Gasteiger partial charge is 0.00187 e. The minimum absolute atomic E-state index is 0.608. The molecular weight excluding hydrogens is 174 g/mol. The maximum absolute atomic E-state index is 5.57. The highest BCUT2D eigenvalue weighted by atomic mass is 15.1. The molecule has 0 aromatic rings. The lowest BCUT2D eigenvalue weighted by Crippen LogP contribution is -2.38. The van der Waals surface area contributed by atoms with Crippen molar-refractivity contribution in [3.8, 4) is 0 Å². The highest BCUT2D eigenvalue weighted by molar-refractivity contribution is 4.72. The minimum atomic E-state index is 0.608. The molecular formula is C11H25N3. The van der Waals surface area contributed by atoms with Crippen molar-refractivity contribution in [1.82, 2.24) is 10.2 Å². The van der Waals surface area contributed by atoms with E-state index in [1.165, 1.54) is 25.9 Å². The Morgan fingerprint density at radius 3 is 3.00 bits per heavy atom. The predicted octanol–water partition coefficient (Wildman–Crippen LogP) is 0.513. The first-order chi connectivity index (χ1) is 6.72. The van der Waals surface area contributed by atoms with Crippen LogP contribution in [0.25, 0.3) is 0 Å². The van der Waals surface area contributed by atoms with Crippen LogP contribution < -0.4 is 11.1 Å². The number of nitrogens with two attached hydrogens (primary N) is 1. The Hall–Kier alpha value is -0.120. The summed E-state index contributed by atoms with van der Waals surface area (Å²) in [5, 5.41) is 3.52. The summed E-state index contributed by atoms with van der Waals surface area (Å²) in [7, 11) is 2.22. The number of hydrogen-bond donors (Lipinski definition) is 2. The van der Waals surface area contributed by atoms with Gasteiger partial charge < -0.3 is 16.0 Å². The van der Waals surface area contributed by atoms with Gasteiger partial charge in [0.15, 0.2) is 0 Å². The number of hydrogen-bond acceptors (Lipinski definition) is 3. The lowest BCUT2D eigenvalue weighted by atomic mass is 9.98. The Balaban J connectivity index is 2.05. The molecule has 0 aromatic heterocycles. The summed E-state index contributed by atoms with van der Waals surface area (Å²) in [5.41, 5.74) is 5.57. The average molecular weight is 199 g/mol. The van der Waals surface area contributed by atoms with Gasteiger partial charge in [0.25, 0.3) is 0 Å². The van der Waals surface area contributed by atoms with Gasteiger partial charge in [-0.2, -0.15) is 0 Å². The molecule has 0 spiro atoms. The molecule has 3 N–H and O–H groups in total. The molecule has 1 saturated heterocycles. The Morgan fingerprint density at radius 1 is 1.57 bits per heavy atom. The van der Waals surface area contributed by atoms with Gasteiger partial charge in [-0.05, 0) is 57.9 Å². The monoisotopic (exact) mass is 199 g/mol. The maximum Gasteiger partial charge on any atom is 0.00187 e. The van der Waals surface area contributed by atoms with E-state index in [9.17, 15) is 0 Å². The van der Waals surface area contributed by atoms with Crippen molar-refractivity contribution in [2.75, 3.05) is 39.8 Å². The molecule has 3 heteroatoms. The Labute approximate surface area is 88.0 Å². The van der Waals surface area contributed by atoms with Gasteiger partial charge in [0.2, 0.25) is 0 Å². The van der Waals surface area contributed by atoms with Crippen LogP contribution in [-0.2, 0) is 0 Å². The molecule has 0 bridgehead atoms. The van der Waals surface area contributed by atoms with Gasteiger partial charge in [-0.3, -0.25) is 0 Å². The molecule has 14 heavy (non-hydrogen) atoms. The van der Waals surface area contributed by atoms with Crippen molar-refractivity contribution >= 4 is 0 Å². The van der Waals surface area contributed by atoms with E-state index in [0.717, 1.165) is 25.6 Å². The first-order valence-corrected chi connectivity index (χ1v) is 5.81. The summed E-state index contributed by atoms with van der Waals surface area (Å²) in [6.45, 7) is 7.74. The largest absolute Gasteiger partial charge is 0.330 e. The van der Waals surface area contributed by atoms with Crippen LogP contribution in [0.2, 0.25) is 0 Å². The van der Waals surface area contributed by atoms with Crippen LogP contribution >= 0.6 is 0 Å². The first kappa shape index (κ1) is 12.0. The quantitative estimate of drug-likeness (QED) is 0.678. The van der Waals surface area contributed by atoms with E-state index in [1.54, 1.807) is 0 Å². The SMILES string of the molecule is CC(CN)CNCC1CCCN(C)C1. The number of likely N-dealkylation sites (tertiary alicyclic amines) is 1. The van der Waals surface area contributed by atoms with Crippen LogP contribution in [0.3, 0.4) is 0 Å². The van der Waals surface area contributed by atoms with Crippen molar-refractivity contribution in [1.29, 1.82) is 0 Å². The highest BCUT2D eigenvalue weighted by Gasteiger charge is 2.16. The van der Waals surface area contributed by atoms with Crippen LogP contribution in [0, 0.1) is 11.8 Å². The number of rotatable bonds is 5. The van der Waals surface area contributed by atoms with E-state index in [0.29, 0.717) is 5.92 Å². The second-order valence-electron chi connectivity index (χ2n) is 4.77. The fourth-order valence-electron chi connectivity index (χ4n) is 2.06. The Bertz CT molecular complexity index is 149. The number of piperidine rings is 1. The van der Waals surface area contributed by atoms with Gasteiger partial charge in [0.05, 0.1) is 0 Å². The lowest BCUT2D eigenvalue weighted by Gasteiger charge is -2.30. The van der Waals surface area contributed by atoms with E-state index in [2.05, 4.69) is 24.2 Å². The van der Waals surface area contributed by atoms with Crippen LogP contribution in [0.15, 0.2) is 0 Å². The van der Waals surface area contributed by atoms with Crippen LogP contribution in [0.5, 0.6) is 0 Å². The summed E-state index contributed by atoms with van der Waals surface area (Å²) < 4.78 is 0. The molecule has 0 amide bonds. The zero-order valence-corrected chi connectivity index (χ0v) is 9.63. The van der Waals surface area contributed by atoms with Gasteiger partial charge in [-0.25, -0.2) is 0 Å². The summed E-state index contributed by atoms with van der Waals surface area (Å²) in [6.07, 6.45) is 2.74. The number of nitrogens with zero attached hydrogens (tertiary/aromatic N) is 1. The summed E-state index contributed by atoms with van der Waals surface area (Å²) in [4.78, 5) is 2.43. The fourth-order valence-corrected chi connectivity index (χ4v) is 2.06. The third-order valence-corrected chi connectivity index (χ3v) is 3.05. The molecule has 0 radical (unpaired) electrons. The third kappa shape index (κ3) is 4.40. The van der Waals surface area contributed by atoms with Gasteiger partial charge in [0.1, 0.15) is 0 Å². The maximum atomic E-state index is 5.57. The molecule has 1 aliphatic heterocycles. The van der Waals surface area contributed by atoms with Crippen molar-refractivity contribution in [2.24, 2.45) is 17.6 Å². The normalized spacial score (nSPS) is 26.4. The summed E-state index contributed by atoms with van der Waals surface area (Å²) in [5.74, 6) is 1.45. The van der Waals surface area contributed by atoms with Gasteiger partial charge >= 0.3 is 0 Å². The van der Waals surface area contributed by atoms with Crippen molar-refractivity contribution in [3.63, 3.8) is 0 Å². The van der Waals surface area contributed by atoms with Gasteiger partial charge in [0, 0.05) is 6.54 Å². The average Bonchev–Trinajstić information content (AvgIpc) is 2.17. The van der Waals surface area contributed by atoms with E-state index in [4.69, 9.17) is 5.73 Å². The molecule has 3 nitrogen and oxygen atoms in total. The molecule has 84 valence electrons. The molecule has 0 aromatic carbocycles. The second-order valence-corrected chi connectivity index (χ2v) is 4.77. The third-order valence-electron chi connectivity index (χ3n) is 3.05. The zero-order chi connectivity index (χ0) is 10.4. The van der Waals surface area contributed by atoms with Crippen LogP contribution in [0.1, 0.15) is 19.8 Å². The molecule has 0 aliphatic carbocycles. The summed E-state index contributed by atoms with van der Waals surface area (Å²) >= 11 is 0. The van der Waals surface area contributed by atoms with Crippen LogP contribution in [0.4, 0.5) is 0 Å². The molecule has 0 saturated carbocycles. The summed E-state index contributed by atoms with van der Waals surface area (Å²) in [6, 6.07) is 0. The highest BCUT2D eigenvalue weighted by Crippen LogP contribution is 2.13. The Kier molecular flexibility index (Phi) is 5.45. The molecule has 1 heterocycles. The topological polar surface area (TPSA) is 41.3 Å². The van der Waals surface area contributed by atoms with Gasteiger partial charge in [-0.15, -0.1) is 0 Å². The van der Waals surface area contributed by atoms with Gasteiger partial charge in [-0.1, -0.05) is 6.92 Å². The minimum Gasteiger partial charge on any atom is -0.330 e. The van der Waals surface area contributed by atoms with Crippen molar-refractivity contribution in [2.45, 2.75) is 19.8 Å². The predicted molar refractivity (Wildman–Crippen MR) is 61.3 cm³/mol. The lowest BCUT2D eigenvalue weighted by molar-refractivity contribution is 0.205. The van der Waals surface area contributed by atoms with E-state index in [-0.39, 0.29) is 0 Å². The standard InChI is InChI=1S/C11H25N3/c1-10(6-12)7-13-8-11-4-3-5-14(2)9-11/h10-11,13H,3-9,12H2,1-2H3. The molecule has 1 aliphatic rings. The zero-order valence-electron chi connectivity index (χ0n) is 9.63. The fraction of sp³-hybridized carbons (Fsp3) is 1.00. The van der Waals surface area contributed by atoms with Crippen LogP contribution in [-0.4, -0.2) is 44.7 Å². The van der Waals surface area contributed by atoms with Crippen molar-refractivity contribution in [3.05, 3.63) is 0 Å². The molecule has 2 unspecified atom stereocenters. The van der Waals surface area contributed by atoms with E-state index >= 15 is 0 Å². The molecule has 2 atom stereocenters. The Morgan fingerprint density at radius 2 is 2.36 bits per heavy atom. The first-order valence-electron chi connectivity index (χ1n) is 5.81.